The lowest BCUT2D eigenvalue weighted by molar-refractivity contribution is 0.329. The first kappa shape index (κ1) is 12.2. The predicted molar refractivity (Wildman–Crippen MR) is 69.8 cm³/mol. The molecule has 1 unspecified atom stereocenters. The fourth-order valence-corrected chi connectivity index (χ4v) is 2.54. The third-order valence-electron chi connectivity index (χ3n) is 3.52. The van der Waals surface area contributed by atoms with Crippen LogP contribution in [0.2, 0.25) is 0 Å². The molecule has 92 valence electrons. The van der Waals surface area contributed by atoms with Gasteiger partial charge in [-0.3, -0.25) is 4.90 Å². The van der Waals surface area contributed by atoms with Crippen molar-refractivity contribution in [2.24, 2.45) is 5.18 Å². The van der Waals surface area contributed by atoms with Crippen LogP contribution >= 0.6 is 0 Å². The van der Waals surface area contributed by atoms with E-state index in [0.29, 0.717) is 0 Å². The van der Waals surface area contributed by atoms with Crippen LogP contribution in [0.3, 0.4) is 0 Å². The number of hydrogen-bond acceptors (Lipinski definition) is 3. The summed E-state index contributed by atoms with van der Waals surface area (Å²) in [5, 5.41) is 3.24. The molecule has 3 heteroatoms. The molecule has 1 aromatic rings. The molecule has 0 N–H and O–H groups in total. The maximum Gasteiger partial charge on any atom is 0.117 e. The summed E-state index contributed by atoms with van der Waals surface area (Å²) in [6, 6.07) is 8.03. The van der Waals surface area contributed by atoms with Crippen LogP contribution in [0.15, 0.2) is 29.4 Å². The molecule has 2 rings (SSSR count). The Bertz CT molecular complexity index is 372. The molecular formula is C14H20N2O. The SMILES string of the molecule is CCC(N=O)c1ccccc1CN1CCCC1. The van der Waals surface area contributed by atoms with Gasteiger partial charge in [0.2, 0.25) is 0 Å². The van der Waals surface area contributed by atoms with Gasteiger partial charge < -0.3 is 0 Å². The van der Waals surface area contributed by atoms with Gasteiger partial charge >= 0.3 is 0 Å². The monoisotopic (exact) mass is 232 g/mol. The predicted octanol–water partition coefficient (Wildman–Crippen LogP) is 3.50. The molecule has 1 aromatic carbocycles. The van der Waals surface area contributed by atoms with Crippen molar-refractivity contribution in [1.82, 2.24) is 4.90 Å². The summed E-state index contributed by atoms with van der Waals surface area (Å²) in [5.74, 6) is 0. The van der Waals surface area contributed by atoms with E-state index in [2.05, 4.69) is 16.1 Å². The molecule has 0 saturated carbocycles. The highest BCUT2D eigenvalue weighted by atomic mass is 16.3. The molecule has 1 aliphatic rings. The Morgan fingerprint density at radius 3 is 2.65 bits per heavy atom. The molecule has 0 bridgehead atoms. The van der Waals surface area contributed by atoms with Crippen LogP contribution in [0.1, 0.15) is 43.4 Å². The van der Waals surface area contributed by atoms with Gasteiger partial charge in [0.05, 0.1) is 0 Å². The summed E-state index contributed by atoms with van der Waals surface area (Å²) in [4.78, 5) is 13.3. The Labute approximate surface area is 103 Å². The van der Waals surface area contributed by atoms with Crippen LogP contribution in [0.4, 0.5) is 0 Å². The Hall–Kier alpha value is -1.22. The van der Waals surface area contributed by atoms with E-state index in [-0.39, 0.29) is 6.04 Å². The summed E-state index contributed by atoms with van der Waals surface area (Å²) in [6.07, 6.45) is 3.37. The molecule has 1 fully saturated rings. The molecule has 1 atom stereocenters. The number of rotatable bonds is 5. The van der Waals surface area contributed by atoms with Crippen molar-refractivity contribution < 1.29 is 0 Å². The smallest absolute Gasteiger partial charge is 0.117 e. The fraction of sp³-hybridized carbons (Fsp3) is 0.571. The topological polar surface area (TPSA) is 32.7 Å². The molecule has 0 spiro atoms. The summed E-state index contributed by atoms with van der Waals surface area (Å²) in [7, 11) is 0. The van der Waals surface area contributed by atoms with Crippen molar-refractivity contribution in [2.75, 3.05) is 13.1 Å². The first-order valence-corrected chi connectivity index (χ1v) is 6.47. The summed E-state index contributed by atoms with van der Waals surface area (Å²) in [5.41, 5.74) is 2.37. The van der Waals surface area contributed by atoms with Gasteiger partial charge in [-0.25, -0.2) is 0 Å². The number of hydrogen-bond donors (Lipinski definition) is 0. The van der Waals surface area contributed by atoms with E-state index in [1.807, 2.05) is 25.1 Å². The minimum absolute atomic E-state index is 0.186. The van der Waals surface area contributed by atoms with Gasteiger partial charge in [0.15, 0.2) is 0 Å². The van der Waals surface area contributed by atoms with Crippen molar-refractivity contribution in [3.8, 4) is 0 Å². The lowest BCUT2D eigenvalue weighted by Crippen LogP contribution is -2.19. The summed E-state index contributed by atoms with van der Waals surface area (Å²) < 4.78 is 0. The highest BCUT2D eigenvalue weighted by Crippen LogP contribution is 2.26. The largest absolute Gasteiger partial charge is 0.299 e. The van der Waals surface area contributed by atoms with E-state index in [0.717, 1.165) is 18.5 Å². The Kier molecular flexibility index (Phi) is 4.26. The van der Waals surface area contributed by atoms with Crippen molar-refractivity contribution in [3.63, 3.8) is 0 Å². The van der Waals surface area contributed by atoms with E-state index in [9.17, 15) is 4.91 Å². The van der Waals surface area contributed by atoms with E-state index in [1.54, 1.807) is 0 Å². The van der Waals surface area contributed by atoms with Gasteiger partial charge in [0, 0.05) is 6.54 Å². The molecule has 3 nitrogen and oxygen atoms in total. The highest BCUT2D eigenvalue weighted by Gasteiger charge is 2.17. The minimum Gasteiger partial charge on any atom is -0.299 e. The van der Waals surface area contributed by atoms with Gasteiger partial charge in [0.25, 0.3) is 0 Å². The van der Waals surface area contributed by atoms with Crippen LogP contribution < -0.4 is 0 Å². The average Bonchev–Trinajstić information content (AvgIpc) is 2.86. The second kappa shape index (κ2) is 5.92. The zero-order valence-electron chi connectivity index (χ0n) is 10.4. The van der Waals surface area contributed by atoms with E-state index < -0.39 is 0 Å². The average molecular weight is 232 g/mol. The van der Waals surface area contributed by atoms with Crippen molar-refractivity contribution >= 4 is 0 Å². The molecule has 0 radical (unpaired) electrons. The third-order valence-corrected chi connectivity index (χ3v) is 3.52. The first-order chi connectivity index (χ1) is 8.35. The molecule has 17 heavy (non-hydrogen) atoms. The molecular weight excluding hydrogens is 212 g/mol. The van der Waals surface area contributed by atoms with Gasteiger partial charge in [-0.2, -0.15) is 4.91 Å². The van der Waals surface area contributed by atoms with E-state index in [4.69, 9.17) is 0 Å². The summed E-state index contributed by atoms with van der Waals surface area (Å²) in [6.45, 7) is 5.33. The van der Waals surface area contributed by atoms with Crippen LogP contribution in [-0.4, -0.2) is 18.0 Å². The molecule has 0 aliphatic carbocycles. The van der Waals surface area contributed by atoms with Crippen LogP contribution in [-0.2, 0) is 6.54 Å². The number of nitroso groups, excluding NO2 is 1. The second-order valence-corrected chi connectivity index (χ2v) is 4.71. The van der Waals surface area contributed by atoms with Gasteiger partial charge in [0.1, 0.15) is 6.04 Å². The van der Waals surface area contributed by atoms with Crippen LogP contribution in [0.5, 0.6) is 0 Å². The third kappa shape index (κ3) is 2.91. The lowest BCUT2D eigenvalue weighted by atomic mass is 9.99. The molecule has 1 aliphatic heterocycles. The normalized spacial score (nSPS) is 18.2. The zero-order chi connectivity index (χ0) is 12.1. The van der Waals surface area contributed by atoms with Crippen molar-refractivity contribution in [1.29, 1.82) is 0 Å². The highest BCUT2D eigenvalue weighted by molar-refractivity contribution is 5.30. The molecule has 1 heterocycles. The number of likely N-dealkylation sites (tertiary alicyclic amines) is 1. The van der Waals surface area contributed by atoms with Gasteiger partial charge in [-0.05, 0) is 43.5 Å². The maximum absolute atomic E-state index is 10.9. The standard InChI is InChI=1S/C14H20N2O/c1-2-14(15-17)13-8-4-3-7-12(13)11-16-9-5-6-10-16/h3-4,7-8,14H,2,5-6,9-11H2,1H3. The zero-order valence-corrected chi connectivity index (χ0v) is 10.4. The van der Waals surface area contributed by atoms with E-state index >= 15 is 0 Å². The quantitative estimate of drug-likeness (QED) is 0.728. The maximum atomic E-state index is 10.9. The minimum atomic E-state index is -0.186. The Morgan fingerprint density at radius 2 is 2.00 bits per heavy atom. The Balaban J connectivity index is 2.17. The number of nitrogens with zero attached hydrogens (tertiary/aromatic N) is 2. The molecule has 0 amide bonds. The van der Waals surface area contributed by atoms with Crippen LogP contribution in [0.25, 0.3) is 0 Å². The van der Waals surface area contributed by atoms with Crippen molar-refractivity contribution in [2.45, 2.75) is 38.8 Å². The van der Waals surface area contributed by atoms with Crippen molar-refractivity contribution in [3.05, 3.63) is 40.3 Å². The Morgan fingerprint density at radius 1 is 1.29 bits per heavy atom. The lowest BCUT2D eigenvalue weighted by Gasteiger charge is -2.19. The fourth-order valence-electron chi connectivity index (χ4n) is 2.54. The molecule has 1 saturated heterocycles. The summed E-state index contributed by atoms with van der Waals surface area (Å²) >= 11 is 0. The van der Waals surface area contributed by atoms with Crippen LogP contribution in [0, 0.1) is 4.91 Å². The van der Waals surface area contributed by atoms with Gasteiger partial charge in [-0.15, -0.1) is 0 Å². The number of benzene rings is 1. The molecule has 0 aromatic heterocycles. The van der Waals surface area contributed by atoms with E-state index in [1.165, 1.54) is 31.5 Å². The van der Waals surface area contributed by atoms with Gasteiger partial charge in [-0.1, -0.05) is 36.4 Å². The first-order valence-electron chi connectivity index (χ1n) is 6.47. The second-order valence-electron chi connectivity index (χ2n) is 4.71.